The summed E-state index contributed by atoms with van der Waals surface area (Å²) in [5, 5.41) is 6.16. The van der Waals surface area contributed by atoms with E-state index >= 15 is 0 Å². The van der Waals surface area contributed by atoms with Crippen LogP contribution in [0.4, 0.5) is 4.79 Å². The van der Waals surface area contributed by atoms with E-state index in [0.717, 1.165) is 43.8 Å². The van der Waals surface area contributed by atoms with Crippen LogP contribution in [0.3, 0.4) is 0 Å². The van der Waals surface area contributed by atoms with Gasteiger partial charge >= 0.3 is 6.03 Å². The Morgan fingerprint density at radius 1 is 1.20 bits per heavy atom. The molecular formula is C20H33N3O2. The minimum absolute atomic E-state index is 0.0308. The average molecular weight is 348 g/mol. The molecule has 1 atom stereocenters. The molecule has 1 aliphatic rings. The molecule has 1 heterocycles. The minimum Gasteiger partial charge on any atom is -0.494 e. The highest BCUT2D eigenvalue weighted by Crippen LogP contribution is 2.18. The highest BCUT2D eigenvalue weighted by molar-refractivity contribution is 5.74. The maximum atomic E-state index is 12.3. The summed E-state index contributed by atoms with van der Waals surface area (Å²) in [5.41, 5.74) is 1.07. The molecule has 1 aliphatic heterocycles. The van der Waals surface area contributed by atoms with E-state index < -0.39 is 0 Å². The Kier molecular flexibility index (Phi) is 7.56. The average Bonchev–Trinajstić information content (AvgIpc) is 2.57. The number of amides is 2. The van der Waals surface area contributed by atoms with Crippen LogP contribution in [0.2, 0.25) is 0 Å². The number of carbonyl (C=O) groups excluding carboxylic acids is 1. The monoisotopic (exact) mass is 347 g/mol. The zero-order valence-corrected chi connectivity index (χ0v) is 16.0. The summed E-state index contributed by atoms with van der Waals surface area (Å²) in [4.78, 5) is 14.8. The van der Waals surface area contributed by atoms with E-state index in [2.05, 4.69) is 29.4 Å². The van der Waals surface area contributed by atoms with E-state index in [0.29, 0.717) is 12.5 Å². The predicted octanol–water partition coefficient (Wildman–Crippen LogP) is 3.57. The van der Waals surface area contributed by atoms with Crippen LogP contribution in [0.15, 0.2) is 24.3 Å². The lowest BCUT2D eigenvalue weighted by Crippen LogP contribution is -2.48. The van der Waals surface area contributed by atoms with Crippen molar-refractivity contribution in [3.63, 3.8) is 0 Å². The zero-order valence-electron chi connectivity index (χ0n) is 16.0. The number of rotatable bonds is 7. The number of nitrogens with zero attached hydrogens (tertiary/aromatic N) is 1. The van der Waals surface area contributed by atoms with Gasteiger partial charge in [-0.05, 0) is 50.3 Å². The molecule has 5 heteroatoms. The van der Waals surface area contributed by atoms with Crippen LogP contribution < -0.4 is 15.4 Å². The Morgan fingerprint density at radius 3 is 2.40 bits per heavy atom. The fourth-order valence-electron chi connectivity index (χ4n) is 3.30. The highest BCUT2D eigenvalue weighted by atomic mass is 16.5. The summed E-state index contributed by atoms with van der Waals surface area (Å²) in [5.74, 6) is 1.55. The van der Waals surface area contributed by atoms with Gasteiger partial charge in [-0.15, -0.1) is 0 Å². The molecule has 0 saturated carbocycles. The molecule has 0 aromatic heterocycles. The Hall–Kier alpha value is -1.75. The number of urea groups is 1. The molecule has 25 heavy (non-hydrogen) atoms. The molecule has 1 aromatic rings. The van der Waals surface area contributed by atoms with Gasteiger partial charge in [-0.1, -0.05) is 26.0 Å². The molecule has 2 amide bonds. The van der Waals surface area contributed by atoms with Crippen molar-refractivity contribution < 1.29 is 9.53 Å². The Bertz CT molecular complexity index is 522. The summed E-state index contributed by atoms with van der Waals surface area (Å²) in [6.07, 6.45) is 2.05. The first kappa shape index (κ1) is 19.6. The number of benzene rings is 1. The molecule has 0 unspecified atom stereocenters. The van der Waals surface area contributed by atoms with Crippen molar-refractivity contribution in [2.75, 3.05) is 26.2 Å². The molecule has 2 N–H and O–H groups in total. The molecular weight excluding hydrogens is 314 g/mol. The van der Waals surface area contributed by atoms with Crippen molar-refractivity contribution >= 4 is 6.03 Å². The number of carbonyl (C=O) groups is 1. The SMILES string of the molecule is CCOc1ccc([C@H](C)NC(=O)NC2CCN(CC(C)C)CC2)cc1. The fraction of sp³-hybridized carbons (Fsp3) is 0.650. The van der Waals surface area contributed by atoms with E-state index in [1.165, 1.54) is 0 Å². The van der Waals surface area contributed by atoms with Crippen molar-refractivity contribution in [3.8, 4) is 5.75 Å². The topological polar surface area (TPSA) is 53.6 Å². The van der Waals surface area contributed by atoms with Gasteiger partial charge < -0.3 is 20.3 Å². The zero-order chi connectivity index (χ0) is 18.2. The lowest BCUT2D eigenvalue weighted by atomic mass is 10.0. The van der Waals surface area contributed by atoms with Crippen molar-refractivity contribution in [2.24, 2.45) is 5.92 Å². The molecule has 0 radical (unpaired) electrons. The predicted molar refractivity (Wildman–Crippen MR) is 102 cm³/mol. The number of piperidine rings is 1. The number of hydrogen-bond acceptors (Lipinski definition) is 3. The second-order valence-corrected chi connectivity index (χ2v) is 7.31. The molecule has 2 rings (SSSR count). The van der Waals surface area contributed by atoms with E-state index in [4.69, 9.17) is 4.74 Å². The van der Waals surface area contributed by atoms with Crippen LogP contribution in [-0.4, -0.2) is 43.2 Å². The van der Waals surface area contributed by atoms with Gasteiger partial charge in [0.05, 0.1) is 12.6 Å². The van der Waals surface area contributed by atoms with Crippen LogP contribution in [0.1, 0.15) is 52.1 Å². The van der Waals surface area contributed by atoms with Gasteiger partial charge in [0.2, 0.25) is 0 Å². The van der Waals surface area contributed by atoms with E-state index in [1.54, 1.807) is 0 Å². The molecule has 1 saturated heterocycles. The van der Waals surface area contributed by atoms with Crippen LogP contribution >= 0.6 is 0 Å². The van der Waals surface area contributed by atoms with Gasteiger partial charge in [0, 0.05) is 25.7 Å². The van der Waals surface area contributed by atoms with Gasteiger partial charge in [-0.3, -0.25) is 0 Å². The number of likely N-dealkylation sites (tertiary alicyclic amines) is 1. The van der Waals surface area contributed by atoms with Gasteiger partial charge in [0.25, 0.3) is 0 Å². The van der Waals surface area contributed by atoms with Crippen LogP contribution in [-0.2, 0) is 0 Å². The van der Waals surface area contributed by atoms with Crippen molar-refractivity contribution in [2.45, 2.75) is 52.6 Å². The molecule has 0 spiro atoms. The van der Waals surface area contributed by atoms with Gasteiger partial charge in [0.15, 0.2) is 0 Å². The number of nitrogens with one attached hydrogen (secondary N) is 2. The van der Waals surface area contributed by atoms with E-state index in [-0.39, 0.29) is 18.1 Å². The fourth-order valence-corrected chi connectivity index (χ4v) is 3.30. The first-order valence-corrected chi connectivity index (χ1v) is 9.50. The number of ether oxygens (including phenoxy) is 1. The normalized spacial score (nSPS) is 17.3. The summed E-state index contributed by atoms with van der Waals surface area (Å²) < 4.78 is 5.45. The maximum Gasteiger partial charge on any atom is 0.315 e. The lowest BCUT2D eigenvalue weighted by molar-refractivity contribution is 0.177. The Morgan fingerprint density at radius 2 is 1.84 bits per heavy atom. The van der Waals surface area contributed by atoms with Gasteiger partial charge in [0.1, 0.15) is 5.75 Å². The van der Waals surface area contributed by atoms with Crippen molar-refractivity contribution in [1.29, 1.82) is 0 Å². The standard InChI is InChI=1S/C20H33N3O2/c1-5-25-19-8-6-17(7-9-19)16(4)21-20(24)22-18-10-12-23(13-11-18)14-15(2)3/h6-9,15-16,18H,5,10-14H2,1-4H3,(H2,21,22,24)/t16-/m0/s1. The Balaban J connectivity index is 1.74. The third kappa shape index (κ3) is 6.58. The third-order valence-corrected chi connectivity index (χ3v) is 4.58. The third-order valence-electron chi connectivity index (χ3n) is 4.58. The second kappa shape index (κ2) is 9.66. The first-order chi connectivity index (χ1) is 12.0. The van der Waals surface area contributed by atoms with Gasteiger partial charge in [-0.2, -0.15) is 0 Å². The summed E-state index contributed by atoms with van der Waals surface area (Å²) in [6.45, 7) is 12.4. The smallest absolute Gasteiger partial charge is 0.315 e. The molecule has 1 aromatic carbocycles. The van der Waals surface area contributed by atoms with Crippen LogP contribution in [0, 0.1) is 5.92 Å². The number of hydrogen-bond donors (Lipinski definition) is 2. The van der Waals surface area contributed by atoms with Crippen LogP contribution in [0.25, 0.3) is 0 Å². The maximum absolute atomic E-state index is 12.3. The molecule has 5 nitrogen and oxygen atoms in total. The Labute approximate surface area is 152 Å². The van der Waals surface area contributed by atoms with Gasteiger partial charge in [-0.25, -0.2) is 4.79 Å². The first-order valence-electron chi connectivity index (χ1n) is 9.50. The summed E-state index contributed by atoms with van der Waals surface area (Å²) in [7, 11) is 0. The second-order valence-electron chi connectivity index (χ2n) is 7.31. The quantitative estimate of drug-likeness (QED) is 0.793. The van der Waals surface area contributed by atoms with E-state index in [9.17, 15) is 4.79 Å². The van der Waals surface area contributed by atoms with Crippen molar-refractivity contribution in [1.82, 2.24) is 15.5 Å². The largest absolute Gasteiger partial charge is 0.494 e. The highest BCUT2D eigenvalue weighted by Gasteiger charge is 2.21. The lowest BCUT2D eigenvalue weighted by Gasteiger charge is -2.33. The molecule has 0 aliphatic carbocycles. The van der Waals surface area contributed by atoms with Crippen molar-refractivity contribution in [3.05, 3.63) is 29.8 Å². The minimum atomic E-state index is -0.0799. The van der Waals surface area contributed by atoms with E-state index in [1.807, 2.05) is 38.1 Å². The van der Waals surface area contributed by atoms with Crippen LogP contribution in [0.5, 0.6) is 5.75 Å². The summed E-state index contributed by atoms with van der Waals surface area (Å²) in [6, 6.07) is 8.05. The molecule has 1 fully saturated rings. The molecule has 140 valence electrons. The summed E-state index contributed by atoms with van der Waals surface area (Å²) >= 11 is 0. The molecule has 0 bridgehead atoms.